The van der Waals surface area contributed by atoms with Crippen LogP contribution in [0, 0.1) is 10.1 Å². The van der Waals surface area contributed by atoms with Crippen LogP contribution in [0.25, 0.3) is 10.9 Å². The van der Waals surface area contributed by atoms with Crippen LogP contribution in [0.5, 0.6) is 5.75 Å². The fourth-order valence-corrected chi connectivity index (χ4v) is 5.63. The van der Waals surface area contributed by atoms with Crippen molar-refractivity contribution in [1.29, 1.82) is 0 Å². The number of amides is 1. The third kappa shape index (κ3) is 3.31. The maximum Gasteiger partial charge on any atom is 0.433 e. The van der Waals surface area contributed by atoms with E-state index in [2.05, 4.69) is 20.9 Å². The first-order valence-electron chi connectivity index (χ1n) is 9.44. The summed E-state index contributed by atoms with van der Waals surface area (Å²) >= 11 is 5.04. The number of hydrogen-bond acceptors (Lipinski definition) is 6. The van der Waals surface area contributed by atoms with E-state index >= 15 is 0 Å². The summed E-state index contributed by atoms with van der Waals surface area (Å²) in [5.74, 6) is -0.113. The smallest absolute Gasteiger partial charge is 0.433 e. The maximum atomic E-state index is 13.3. The minimum atomic E-state index is -0.649. The van der Waals surface area contributed by atoms with Gasteiger partial charge in [-0.05, 0) is 58.2 Å². The largest absolute Gasteiger partial charge is 0.497 e. The summed E-state index contributed by atoms with van der Waals surface area (Å²) in [6.45, 7) is 0.449. The number of halogens is 1. The molecule has 1 aliphatic heterocycles. The molecular formula is C21H16BrN3O5S. The van der Waals surface area contributed by atoms with E-state index in [-0.39, 0.29) is 17.7 Å². The monoisotopic (exact) mass is 501 g/mol. The first-order valence-corrected chi connectivity index (χ1v) is 11.1. The van der Waals surface area contributed by atoms with Gasteiger partial charge in [0.05, 0.1) is 13.2 Å². The highest BCUT2D eigenvalue weighted by molar-refractivity contribution is 9.10. The first-order chi connectivity index (χ1) is 15.0. The molecular weight excluding hydrogens is 486 g/mol. The molecule has 1 N–H and O–H groups in total. The molecule has 0 saturated carbocycles. The fourth-order valence-electron chi connectivity index (χ4n) is 4.06. The number of aromatic nitrogens is 1. The van der Waals surface area contributed by atoms with Gasteiger partial charge >= 0.3 is 5.88 Å². The van der Waals surface area contributed by atoms with Crippen molar-refractivity contribution in [1.82, 2.24) is 9.88 Å². The fraction of sp³-hybridized carbons (Fsp3) is 0.190. The van der Waals surface area contributed by atoms with Gasteiger partial charge in [0.15, 0.2) is 5.76 Å². The number of hydrogen-bond donors (Lipinski definition) is 1. The third-order valence-corrected chi connectivity index (χ3v) is 7.18. The highest BCUT2D eigenvalue weighted by atomic mass is 79.9. The Morgan fingerprint density at radius 2 is 2.19 bits per heavy atom. The predicted octanol–water partition coefficient (Wildman–Crippen LogP) is 5.29. The van der Waals surface area contributed by atoms with Crippen LogP contribution in [0.4, 0.5) is 5.88 Å². The van der Waals surface area contributed by atoms with Crippen molar-refractivity contribution in [2.75, 3.05) is 13.7 Å². The van der Waals surface area contributed by atoms with Gasteiger partial charge in [0, 0.05) is 37.9 Å². The van der Waals surface area contributed by atoms with Crippen LogP contribution in [0.2, 0.25) is 0 Å². The van der Waals surface area contributed by atoms with Crippen molar-refractivity contribution in [2.45, 2.75) is 12.5 Å². The number of nitrogens with one attached hydrogen (secondary N) is 1. The summed E-state index contributed by atoms with van der Waals surface area (Å²) in [7, 11) is 1.63. The van der Waals surface area contributed by atoms with Crippen molar-refractivity contribution >= 4 is 50.0 Å². The van der Waals surface area contributed by atoms with E-state index in [4.69, 9.17) is 9.15 Å². The van der Waals surface area contributed by atoms with E-state index in [1.807, 2.05) is 29.6 Å². The van der Waals surface area contributed by atoms with E-state index in [0.717, 1.165) is 37.3 Å². The molecule has 1 aromatic carbocycles. The Morgan fingerprint density at radius 3 is 2.87 bits per heavy atom. The van der Waals surface area contributed by atoms with E-state index in [0.29, 0.717) is 13.0 Å². The van der Waals surface area contributed by atoms with Crippen LogP contribution >= 0.6 is 27.3 Å². The highest BCUT2D eigenvalue weighted by Crippen LogP contribution is 2.42. The highest BCUT2D eigenvalue weighted by Gasteiger charge is 2.37. The number of carbonyl (C=O) groups is 1. The number of fused-ring (bicyclic) bond motifs is 3. The van der Waals surface area contributed by atoms with Crippen LogP contribution < -0.4 is 4.74 Å². The molecule has 1 aliphatic rings. The number of methoxy groups -OCH3 is 1. The Bertz CT molecular complexity index is 1320. The molecule has 0 radical (unpaired) electrons. The number of furan rings is 1. The lowest BCUT2D eigenvalue weighted by Gasteiger charge is -2.34. The molecule has 8 nitrogen and oxygen atoms in total. The van der Waals surface area contributed by atoms with Crippen LogP contribution in [-0.2, 0) is 6.42 Å². The zero-order valence-corrected chi connectivity index (χ0v) is 18.7. The molecule has 5 rings (SSSR count). The molecule has 0 saturated heterocycles. The zero-order valence-electron chi connectivity index (χ0n) is 16.3. The van der Waals surface area contributed by atoms with Gasteiger partial charge < -0.3 is 19.0 Å². The second-order valence-corrected chi connectivity index (χ2v) is 9.00. The Balaban J connectivity index is 1.63. The van der Waals surface area contributed by atoms with Gasteiger partial charge in [0.25, 0.3) is 5.91 Å². The van der Waals surface area contributed by atoms with Gasteiger partial charge in [-0.2, -0.15) is 0 Å². The molecule has 3 aromatic heterocycles. The lowest BCUT2D eigenvalue weighted by Crippen LogP contribution is -2.40. The van der Waals surface area contributed by atoms with Crippen molar-refractivity contribution in [3.8, 4) is 5.75 Å². The first kappa shape index (κ1) is 19.8. The number of nitrogens with zero attached hydrogens (tertiary/aromatic N) is 2. The van der Waals surface area contributed by atoms with Crippen LogP contribution in [0.1, 0.15) is 32.7 Å². The number of aromatic amines is 1. The van der Waals surface area contributed by atoms with Crippen LogP contribution in [0.15, 0.2) is 50.7 Å². The van der Waals surface area contributed by atoms with Crippen LogP contribution in [0.3, 0.4) is 0 Å². The number of benzene rings is 1. The van der Waals surface area contributed by atoms with E-state index in [9.17, 15) is 14.9 Å². The second-order valence-electron chi connectivity index (χ2n) is 7.14. The SMILES string of the molecule is COc1ccc2[nH]c3c(c2c1)CCN(C(=O)c1ccc([N+](=O)[O-])o1)[C@H]3c1cc(Br)cs1. The second kappa shape index (κ2) is 7.54. The average molecular weight is 502 g/mol. The summed E-state index contributed by atoms with van der Waals surface area (Å²) in [5, 5.41) is 14.0. The third-order valence-electron chi connectivity index (χ3n) is 5.43. The van der Waals surface area contributed by atoms with E-state index in [1.165, 1.54) is 23.5 Å². The minimum absolute atomic E-state index is 0.0476. The van der Waals surface area contributed by atoms with Crippen molar-refractivity contribution in [3.63, 3.8) is 0 Å². The molecule has 0 bridgehead atoms. The Labute approximate surface area is 188 Å². The van der Waals surface area contributed by atoms with E-state index in [1.54, 1.807) is 12.0 Å². The number of rotatable bonds is 4. The minimum Gasteiger partial charge on any atom is -0.497 e. The van der Waals surface area contributed by atoms with Gasteiger partial charge in [-0.15, -0.1) is 11.3 Å². The summed E-state index contributed by atoms with van der Waals surface area (Å²) in [5.41, 5.74) is 3.03. The number of carbonyl (C=O) groups excluding carboxylic acids is 1. The Hall–Kier alpha value is -3.11. The van der Waals surface area contributed by atoms with Gasteiger partial charge in [-0.1, -0.05) is 0 Å². The molecule has 0 fully saturated rings. The number of ether oxygens (including phenoxy) is 1. The molecule has 0 spiro atoms. The number of nitro groups is 1. The molecule has 0 aliphatic carbocycles. The van der Waals surface area contributed by atoms with Gasteiger partial charge in [-0.3, -0.25) is 14.9 Å². The molecule has 4 heterocycles. The molecule has 0 unspecified atom stereocenters. The van der Waals surface area contributed by atoms with Gasteiger partial charge in [0.1, 0.15) is 16.7 Å². The zero-order chi connectivity index (χ0) is 21.7. The molecule has 4 aromatic rings. The maximum absolute atomic E-state index is 13.3. The average Bonchev–Trinajstić information content (AvgIpc) is 3.50. The lowest BCUT2D eigenvalue weighted by atomic mass is 9.96. The molecule has 1 atom stereocenters. The molecule has 31 heavy (non-hydrogen) atoms. The van der Waals surface area contributed by atoms with Crippen molar-refractivity contribution in [3.05, 3.63) is 78.3 Å². The molecule has 10 heteroatoms. The standard InChI is InChI=1S/C21H16BrN3O5S/c1-29-12-2-3-15-14(9-12)13-6-7-24(21(26)16-4-5-18(30-16)25(27)28)20(19(13)23-15)17-8-11(22)10-31-17/h2-5,8-10,20,23H,6-7H2,1H3/t20-/m0/s1. The molecule has 158 valence electrons. The summed E-state index contributed by atoms with van der Waals surface area (Å²) in [6, 6.07) is 10.0. The van der Waals surface area contributed by atoms with Crippen molar-refractivity contribution in [2.24, 2.45) is 0 Å². The lowest BCUT2D eigenvalue weighted by molar-refractivity contribution is -0.402. The summed E-state index contributed by atoms with van der Waals surface area (Å²) in [6.07, 6.45) is 0.639. The normalized spacial score (nSPS) is 15.8. The number of H-pyrrole nitrogens is 1. The number of thiophene rings is 1. The quantitative estimate of drug-likeness (QED) is 0.302. The Kier molecular flexibility index (Phi) is 4.82. The summed E-state index contributed by atoms with van der Waals surface area (Å²) in [4.78, 5) is 29.8. The predicted molar refractivity (Wildman–Crippen MR) is 119 cm³/mol. The Morgan fingerprint density at radius 1 is 1.35 bits per heavy atom. The van der Waals surface area contributed by atoms with Crippen LogP contribution in [-0.4, -0.2) is 34.4 Å². The van der Waals surface area contributed by atoms with E-state index < -0.39 is 10.8 Å². The molecule has 1 amide bonds. The summed E-state index contributed by atoms with van der Waals surface area (Å²) < 4.78 is 11.5. The van der Waals surface area contributed by atoms with Gasteiger partial charge in [-0.25, -0.2) is 0 Å². The topological polar surface area (TPSA) is 102 Å². The van der Waals surface area contributed by atoms with Gasteiger partial charge in [0.2, 0.25) is 0 Å². The van der Waals surface area contributed by atoms with Crippen molar-refractivity contribution < 1.29 is 18.9 Å².